The molecule has 5 nitrogen and oxygen atoms in total. The van der Waals surface area contributed by atoms with Crippen molar-refractivity contribution in [3.05, 3.63) is 0 Å². The normalized spacial score (nSPS) is 34.0. The van der Waals surface area contributed by atoms with E-state index < -0.39 is 12.2 Å². The van der Waals surface area contributed by atoms with E-state index >= 15 is 0 Å². The zero-order chi connectivity index (χ0) is 8.43. The average molecular weight is 197 g/mol. The van der Waals surface area contributed by atoms with Crippen LogP contribution in [0, 0.1) is 0 Å². The zero-order valence-corrected chi connectivity index (χ0v) is 7.25. The lowest BCUT2D eigenvalue weighted by Crippen LogP contribution is -2.32. The van der Waals surface area contributed by atoms with Crippen molar-refractivity contribution in [3.63, 3.8) is 0 Å². The molecule has 72 valence electrons. The Morgan fingerprint density at radius 1 is 1.50 bits per heavy atom. The summed E-state index contributed by atoms with van der Waals surface area (Å²) < 4.78 is 0. The van der Waals surface area contributed by atoms with Gasteiger partial charge < -0.3 is 21.3 Å². The molecule has 0 spiro atoms. The van der Waals surface area contributed by atoms with Crippen LogP contribution in [-0.2, 0) is 0 Å². The number of aliphatic hydroxyl groups excluding tert-OH is 1. The molecule has 0 aromatic rings. The minimum Gasteiger partial charge on any atom is -0.465 e. The summed E-state index contributed by atoms with van der Waals surface area (Å²) in [7, 11) is 0. The molecule has 1 rings (SSSR count). The summed E-state index contributed by atoms with van der Waals surface area (Å²) in [6, 6.07) is -0.468. The van der Waals surface area contributed by atoms with Crippen LogP contribution in [0.4, 0.5) is 4.79 Å². The maximum Gasteiger partial charge on any atom is 0.404 e. The molecule has 0 aromatic heterocycles. The third-order valence-corrected chi connectivity index (χ3v) is 1.90. The van der Waals surface area contributed by atoms with Gasteiger partial charge in [-0.25, -0.2) is 4.79 Å². The monoisotopic (exact) mass is 196 g/mol. The molecule has 0 saturated heterocycles. The Morgan fingerprint density at radius 3 is 2.42 bits per heavy atom. The largest absolute Gasteiger partial charge is 0.465 e. The predicted octanol–water partition coefficient (Wildman–Crippen LogP) is -0.474. The SMILES string of the molecule is Cl.N[C@H]1C[C@@H](NC(=O)O)C[C@H]1O. The van der Waals surface area contributed by atoms with E-state index in [1.54, 1.807) is 0 Å². The summed E-state index contributed by atoms with van der Waals surface area (Å²) in [5.41, 5.74) is 5.46. The lowest BCUT2D eigenvalue weighted by atomic mass is 10.2. The highest BCUT2D eigenvalue weighted by molar-refractivity contribution is 5.85. The molecular weight excluding hydrogens is 184 g/mol. The fourth-order valence-corrected chi connectivity index (χ4v) is 1.34. The number of aliphatic hydroxyl groups is 1. The van der Waals surface area contributed by atoms with Gasteiger partial charge in [0.2, 0.25) is 0 Å². The van der Waals surface area contributed by atoms with Crippen molar-refractivity contribution < 1.29 is 15.0 Å². The first-order valence-electron chi connectivity index (χ1n) is 3.52. The highest BCUT2D eigenvalue weighted by Crippen LogP contribution is 2.17. The molecule has 0 unspecified atom stereocenters. The number of halogens is 1. The molecule has 12 heavy (non-hydrogen) atoms. The van der Waals surface area contributed by atoms with E-state index in [0.717, 1.165) is 0 Å². The molecule has 1 fully saturated rings. The standard InChI is InChI=1S/C6H12N2O3.ClH/c7-4-1-3(2-5(4)9)8-6(10)11;/h3-5,8-9H,1-2,7H2,(H,10,11);1H/t3-,4+,5-;/m1./s1. The van der Waals surface area contributed by atoms with Gasteiger partial charge in [-0.05, 0) is 12.8 Å². The van der Waals surface area contributed by atoms with Crippen molar-refractivity contribution in [2.24, 2.45) is 5.73 Å². The van der Waals surface area contributed by atoms with Gasteiger partial charge in [0.25, 0.3) is 0 Å². The Morgan fingerprint density at radius 2 is 2.08 bits per heavy atom. The molecule has 0 aliphatic heterocycles. The summed E-state index contributed by atoms with van der Waals surface area (Å²) in [6.07, 6.45) is -0.677. The van der Waals surface area contributed by atoms with Crippen LogP contribution < -0.4 is 11.1 Å². The molecule has 0 aromatic carbocycles. The highest BCUT2D eigenvalue weighted by atomic mass is 35.5. The topological polar surface area (TPSA) is 95.6 Å². The van der Waals surface area contributed by atoms with Crippen LogP contribution in [0.15, 0.2) is 0 Å². The van der Waals surface area contributed by atoms with Crippen LogP contribution in [0.25, 0.3) is 0 Å². The van der Waals surface area contributed by atoms with Gasteiger partial charge >= 0.3 is 6.09 Å². The molecule has 0 bridgehead atoms. The zero-order valence-electron chi connectivity index (χ0n) is 6.43. The lowest BCUT2D eigenvalue weighted by molar-refractivity contribution is 0.161. The Hall–Kier alpha value is -0.520. The van der Waals surface area contributed by atoms with Gasteiger partial charge in [0.05, 0.1) is 6.10 Å². The van der Waals surface area contributed by atoms with Gasteiger partial charge in [0, 0.05) is 12.1 Å². The van der Waals surface area contributed by atoms with Gasteiger partial charge in [-0.15, -0.1) is 12.4 Å². The highest BCUT2D eigenvalue weighted by Gasteiger charge is 2.30. The summed E-state index contributed by atoms with van der Waals surface area (Å²) >= 11 is 0. The molecule has 3 atom stereocenters. The van der Waals surface area contributed by atoms with E-state index in [1.807, 2.05) is 0 Å². The summed E-state index contributed by atoms with van der Waals surface area (Å²) in [5, 5.41) is 19.7. The van der Waals surface area contributed by atoms with Crippen molar-refractivity contribution in [2.45, 2.75) is 31.0 Å². The molecule has 1 aliphatic rings. The van der Waals surface area contributed by atoms with Crippen molar-refractivity contribution >= 4 is 18.5 Å². The van der Waals surface area contributed by atoms with Crippen LogP contribution in [-0.4, -0.2) is 34.5 Å². The quantitative estimate of drug-likeness (QED) is 0.456. The van der Waals surface area contributed by atoms with Crippen molar-refractivity contribution in [1.29, 1.82) is 0 Å². The third-order valence-electron chi connectivity index (χ3n) is 1.90. The Bertz CT molecular complexity index is 157. The van der Waals surface area contributed by atoms with Gasteiger partial charge in [-0.1, -0.05) is 0 Å². The summed E-state index contributed by atoms with van der Waals surface area (Å²) in [5.74, 6) is 0. The summed E-state index contributed by atoms with van der Waals surface area (Å²) in [4.78, 5) is 10.1. The fourth-order valence-electron chi connectivity index (χ4n) is 1.34. The molecular formula is C6H13ClN2O3. The first-order valence-corrected chi connectivity index (χ1v) is 3.52. The number of amides is 1. The predicted molar refractivity (Wildman–Crippen MR) is 45.4 cm³/mol. The van der Waals surface area contributed by atoms with Crippen molar-refractivity contribution in [3.8, 4) is 0 Å². The summed E-state index contributed by atoms with van der Waals surface area (Å²) in [6.45, 7) is 0. The minimum absolute atomic E-state index is 0. The van der Waals surface area contributed by atoms with Gasteiger partial charge in [-0.2, -0.15) is 0 Å². The number of nitrogens with two attached hydrogens (primary N) is 1. The molecule has 1 saturated carbocycles. The van der Waals surface area contributed by atoms with E-state index in [2.05, 4.69) is 5.32 Å². The van der Waals surface area contributed by atoms with Crippen molar-refractivity contribution in [2.75, 3.05) is 0 Å². The van der Waals surface area contributed by atoms with E-state index in [0.29, 0.717) is 12.8 Å². The molecule has 6 heteroatoms. The molecule has 0 heterocycles. The second-order valence-electron chi connectivity index (χ2n) is 2.85. The van der Waals surface area contributed by atoms with E-state index in [1.165, 1.54) is 0 Å². The number of nitrogens with one attached hydrogen (secondary N) is 1. The van der Waals surface area contributed by atoms with Crippen LogP contribution in [0.3, 0.4) is 0 Å². The lowest BCUT2D eigenvalue weighted by Gasteiger charge is -2.07. The maximum absolute atomic E-state index is 10.1. The number of hydrogen-bond acceptors (Lipinski definition) is 3. The van der Waals surface area contributed by atoms with Gasteiger partial charge in [-0.3, -0.25) is 0 Å². The van der Waals surface area contributed by atoms with Crippen LogP contribution in [0.5, 0.6) is 0 Å². The van der Waals surface area contributed by atoms with Gasteiger partial charge in [0.15, 0.2) is 0 Å². The number of rotatable bonds is 1. The second kappa shape index (κ2) is 4.49. The molecule has 1 aliphatic carbocycles. The number of carboxylic acid groups (broad SMARTS) is 1. The Labute approximate surface area is 76.4 Å². The van der Waals surface area contributed by atoms with Crippen LogP contribution >= 0.6 is 12.4 Å². The van der Waals surface area contributed by atoms with Crippen LogP contribution in [0.1, 0.15) is 12.8 Å². The Kier molecular flexibility index (Phi) is 4.30. The molecule has 5 N–H and O–H groups in total. The van der Waals surface area contributed by atoms with E-state index in [-0.39, 0.29) is 24.5 Å². The smallest absolute Gasteiger partial charge is 0.404 e. The minimum atomic E-state index is -1.06. The molecule has 1 amide bonds. The van der Waals surface area contributed by atoms with Gasteiger partial charge in [0.1, 0.15) is 0 Å². The first kappa shape index (κ1) is 11.5. The first-order chi connectivity index (χ1) is 5.09. The fraction of sp³-hybridized carbons (Fsp3) is 0.833. The van der Waals surface area contributed by atoms with E-state index in [9.17, 15) is 4.79 Å². The molecule has 0 radical (unpaired) electrons. The third kappa shape index (κ3) is 2.84. The second-order valence-corrected chi connectivity index (χ2v) is 2.85. The number of carbonyl (C=O) groups is 1. The van der Waals surface area contributed by atoms with E-state index in [4.69, 9.17) is 15.9 Å². The average Bonchev–Trinajstić information content (AvgIpc) is 2.10. The maximum atomic E-state index is 10.1. The van der Waals surface area contributed by atoms with Crippen molar-refractivity contribution in [1.82, 2.24) is 5.32 Å². The number of hydrogen-bond donors (Lipinski definition) is 4. The Balaban J connectivity index is 0.00000121. The van der Waals surface area contributed by atoms with Crippen LogP contribution in [0.2, 0.25) is 0 Å².